The van der Waals surface area contributed by atoms with Crippen molar-refractivity contribution in [3.8, 4) is 28.6 Å². The zero-order valence-corrected chi connectivity index (χ0v) is 22.4. The molecule has 0 radical (unpaired) electrons. The molecule has 0 saturated heterocycles. The average Bonchev–Trinajstić information content (AvgIpc) is 3.36. The second-order valence-corrected chi connectivity index (χ2v) is 12.4. The molecule has 0 saturated carbocycles. The number of benzene rings is 1. The molecule has 1 aromatic carbocycles. The Balaban J connectivity index is 1.81. The maximum Gasteiger partial charge on any atom is 0.410 e. The summed E-state index contributed by atoms with van der Waals surface area (Å²) in [6, 6.07) is 5.30. The Bertz CT molecular complexity index is 1600. The van der Waals surface area contributed by atoms with Crippen molar-refractivity contribution in [3.63, 3.8) is 0 Å². The number of methoxy groups -OCH3 is 1. The summed E-state index contributed by atoms with van der Waals surface area (Å²) < 4.78 is 80.6. The topological polar surface area (TPSA) is 152 Å². The van der Waals surface area contributed by atoms with Gasteiger partial charge in [-0.05, 0) is 39.0 Å². The predicted molar refractivity (Wildman–Crippen MR) is 136 cm³/mol. The molecule has 16 heteroatoms. The van der Waals surface area contributed by atoms with Gasteiger partial charge in [0.1, 0.15) is 39.9 Å². The van der Waals surface area contributed by atoms with Gasteiger partial charge < -0.3 is 14.4 Å². The summed E-state index contributed by atoms with van der Waals surface area (Å²) in [6.07, 6.45) is -3.56. The number of halogens is 4. The van der Waals surface area contributed by atoms with Crippen LogP contribution < -0.4 is 10.1 Å². The van der Waals surface area contributed by atoms with E-state index in [1.165, 1.54) is 58.5 Å². The van der Waals surface area contributed by atoms with Gasteiger partial charge in [0.05, 0.1) is 35.0 Å². The van der Waals surface area contributed by atoms with Gasteiger partial charge in [0.15, 0.2) is 5.76 Å². The molecule has 214 valence electrons. The maximum absolute atomic E-state index is 15.3. The lowest BCUT2D eigenvalue weighted by atomic mass is 9.91. The summed E-state index contributed by atoms with van der Waals surface area (Å²) in [5.41, 5.74) is -0.961. The van der Waals surface area contributed by atoms with Crippen LogP contribution in [0.4, 0.5) is 22.4 Å². The lowest BCUT2D eigenvalue weighted by molar-refractivity contribution is -0.117. The van der Waals surface area contributed by atoms with Gasteiger partial charge in [-0.1, -0.05) is 5.16 Å². The number of carbonyl (C=O) groups is 1. The number of amidine groups is 1. The van der Waals surface area contributed by atoms with E-state index in [-0.39, 0.29) is 17.2 Å². The minimum atomic E-state index is -4.77. The number of nitrogens with zero attached hydrogens (tertiary/aromatic N) is 5. The summed E-state index contributed by atoms with van der Waals surface area (Å²) in [6.45, 7) is 2.15. The molecule has 0 bridgehead atoms. The molecule has 0 fully saturated rings. The lowest BCUT2D eigenvalue weighted by Crippen LogP contribution is -2.57. The van der Waals surface area contributed by atoms with E-state index < -0.39 is 56.2 Å². The van der Waals surface area contributed by atoms with Crippen LogP contribution in [0.15, 0.2) is 50.5 Å². The first-order chi connectivity index (χ1) is 18.6. The van der Waals surface area contributed by atoms with Gasteiger partial charge >= 0.3 is 12.3 Å². The first kappa shape index (κ1) is 28.9. The molecule has 3 aromatic rings. The zero-order chi connectivity index (χ0) is 29.5. The molecule has 4 rings (SSSR count). The SMILES string of the molecule is COc1cnc(-c2cc(-c3ccc(F)c([C@]4(C)CS(=O)(=NCC(F)(F)F)C(C)(C)C(NC(=O)O)=N4)c3)on2)cn1. The molecular weight excluding hydrogens is 560 g/mol. The van der Waals surface area contributed by atoms with Crippen LogP contribution in [0, 0.1) is 5.82 Å². The van der Waals surface area contributed by atoms with E-state index in [1.807, 2.05) is 5.32 Å². The Morgan fingerprint density at radius 2 is 1.93 bits per heavy atom. The normalized spacial score (nSPS) is 22.4. The van der Waals surface area contributed by atoms with E-state index in [9.17, 15) is 27.3 Å². The quantitative estimate of drug-likeness (QED) is 0.411. The van der Waals surface area contributed by atoms with Gasteiger partial charge in [-0.2, -0.15) is 13.2 Å². The van der Waals surface area contributed by atoms with Crippen LogP contribution in [0.3, 0.4) is 0 Å². The molecule has 3 heterocycles. The highest BCUT2D eigenvalue weighted by atomic mass is 32.2. The molecule has 1 unspecified atom stereocenters. The smallest absolute Gasteiger partial charge is 0.410 e. The van der Waals surface area contributed by atoms with E-state index in [0.29, 0.717) is 17.0 Å². The van der Waals surface area contributed by atoms with Gasteiger partial charge in [-0.15, -0.1) is 0 Å². The summed E-state index contributed by atoms with van der Waals surface area (Å²) in [7, 11) is -2.43. The molecule has 40 heavy (non-hydrogen) atoms. The monoisotopic (exact) mass is 584 g/mol. The third kappa shape index (κ3) is 5.61. The molecule has 2 atom stereocenters. The van der Waals surface area contributed by atoms with Gasteiger partial charge in [0, 0.05) is 17.2 Å². The number of hydrogen-bond donors (Lipinski definition) is 2. The van der Waals surface area contributed by atoms with Gasteiger partial charge in [0.2, 0.25) is 5.88 Å². The van der Waals surface area contributed by atoms with Gasteiger partial charge in [-0.3, -0.25) is 10.3 Å². The molecular formula is C24H24F4N6O5S. The number of hydrogen-bond acceptors (Lipinski definition) is 9. The highest BCUT2D eigenvalue weighted by Crippen LogP contribution is 2.41. The second kappa shape index (κ2) is 10.1. The van der Waals surface area contributed by atoms with Crippen molar-refractivity contribution in [3.05, 3.63) is 48.0 Å². The van der Waals surface area contributed by atoms with Crippen molar-refractivity contribution in [2.75, 3.05) is 19.4 Å². The highest BCUT2D eigenvalue weighted by molar-refractivity contribution is 7.95. The molecule has 11 nitrogen and oxygen atoms in total. The summed E-state index contributed by atoms with van der Waals surface area (Å²) in [5, 5.41) is 15.3. The van der Waals surface area contributed by atoms with E-state index in [4.69, 9.17) is 9.26 Å². The number of aliphatic imine (C=N–C) groups is 1. The Morgan fingerprint density at radius 1 is 1.20 bits per heavy atom. The van der Waals surface area contributed by atoms with Crippen LogP contribution in [0.1, 0.15) is 26.3 Å². The van der Waals surface area contributed by atoms with Gasteiger partial charge in [-0.25, -0.2) is 27.7 Å². The summed E-state index contributed by atoms with van der Waals surface area (Å²) >= 11 is 0. The van der Waals surface area contributed by atoms with Gasteiger partial charge in [0.25, 0.3) is 0 Å². The van der Waals surface area contributed by atoms with E-state index in [0.717, 1.165) is 6.07 Å². The highest BCUT2D eigenvalue weighted by Gasteiger charge is 2.50. The van der Waals surface area contributed by atoms with Crippen LogP contribution in [-0.2, 0) is 15.3 Å². The molecule has 2 aromatic heterocycles. The van der Waals surface area contributed by atoms with E-state index in [2.05, 4.69) is 24.5 Å². The standard InChI is InChI=1S/C24H24F4N6O5S/c1-22(2)20(32-21(35)36)33-23(3,12-40(22,37)31-11-24(26,27)28)14-7-13(5-6-15(14)25)18-8-16(34-39-18)17-9-30-19(38-4)10-29-17/h5-10H,11-12H2,1-4H3,(H,32,33)(H,35,36)/t23-,40?/m0/s1. The van der Waals surface area contributed by atoms with Crippen LogP contribution in [0.5, 0.6) is 5.88 Å². The first-order valence-electron chi connectivity index (χ1n) is 11.6. The van der Waals surface area contributed by atoms with Crippen molar-refractivity contribution in [1.82, 2.24) is 20.4 Å². The minimum Gasteiger partial charge on any atom is -0.480 e. The van der Waals surface area contributed by atoms with Crippen LogP contribution >= 0.6 is 0 Å². The minimum absolute atomic E-state index is 0.165. The number of carboxylic acid groups (broad SMARTS) is 1. The number of aromatic nitrogens is 3. The van der Waals surface area contributed by atoms with Crippen molar-refractivity contribution >= 4 is 21.7 Å². The Kier molecular flexibility index (Phi) is 7.34. The molecule has 1 amide bonds. The summed E-state index contributed by atoms with van der Waals surface area (Å²) in [5.74, 6) is -1.37. The largest absolute Gasteiger partial charge is 0.480 e. The fraction of sp³-hybridized carbons (Fsp3) is 0.375. The van der Waals surface area contributed by atoms with Crippen LogP contribution in [0.25, 0.3) is 22.7 Å². The lowest BCUT2D eigenvalue weighted by Gasteiger charge is -2.41. The molecule has 0 aliphatic carbocycles. The van der Waals surface area contributed by atoms with Crippen LogP contribution in [0.2, 0.25) is 0 Å². The van der Waals surface area contributed by atoms with Crippen molar-refractivity contribution in [2.45, 2.75) is 37.2 Å². The Morgan fingerprint density at radius 3 is 2.52 bits per heavy atom. The zero-order valence-electron chi connectivity index (χ0n) is 21.6. The van der Waals surface area contributed by atoms with E-state index >= 15 is 4.39 Å². The summed E-state index contributed by atoms with van der Waals surface area (Å²) in [4.78, 5) is 24.1. The number of nitrogens with one attached hydrogen (secondary N) is 1. The van der Waals surface area contributed by atoms with Crippen molar-refractivity contribution in [2.24, 2.45) is 9.36 Å². The maximum atomic E-state index is 15.3. The number of amides is 1. The second-order valence-electron chi connectivity index (χ2n) is 9.58. The fourth-order valence-corrected chi connectivity index (χ4v) is 6.62. The number of rotatable bonds is 5. The Hall–Kier alpha value is -4.08. The third-order valence-corrected chi connectivity index (χ3v) is 9.61. The Labute approximate surface area is 225 Å². The molecule has 1 aliphatic heterocycles. The van der Waals surface area contributed by atoms with Crippen LogP contribution in [-0.4, -0.2) is 66.7 Å². The fourth-order valence-electron chi connectivity index (χ4n) is 4.11. The van der Waals surface area contributed by atoms with Crippen molar-refractivity contribution < 1.29 is 40.9 Å². The molecule has 1 aliphatic rings. The van der Waals surface area contributed by atoms with E-state index in [1.54, 1.807) is 0 Å². The molecule has 2 N–H and O–H groups in total. The predicted octanol–water partition coefficient (Wildman–Crippen LogP) is 4.65. The average molecular weight is 585 g/mol. The van der Waals surface area contributed by atoms with Crippen molar-refractivity contribution in [1.29, 1.82) is 0 Å². The molecule has 0 spiro atoms. The number of alkyl halides is 3. The third-order valence-electron chi connectivity index (χ3n) is 6.32. The number of ether oxygens (including phenoxy) is 1. The first-order valence-corrected chi connectivity index (χ1v) is 13.3.